The van der Waals surface area contributed by atoms with Crippen molar-refractivity contribution >= 4 is 43.9 Å². The van der Waals surface area contributed by atoms with E-state index >= 15 is 0 Å². The summed E-state index contributed by atoms with van der Waals surface area (Å²) in [4.78, 5) is 10.3. The second-order valence-electron chi connectivity index (χ2n) is 2.79. The van der Waals surface area contributed by atoms with Crippen molar-refractivity contribution in [3.63, 3.8) is 0 Å². The zero-order valence-electron chi connectivity index (χ0n) is 7.42. The van der Waals surface area contributed by atoms with Crippen molar-refractivity contribution in [3.05, 3.63) is 38.3 Å². The molecule has 1 aromatic carbocycles. The molecule has 0 radical (unpaired) electrons. The van der Waals surface area contributed by atoms with Crippen molar-refractivity contribution in [1.29, 1.82) is 0 Å². The van der Waals surface area contributed by atoms with Gasteiger partial charge in [-0.25, -0.2) is 4.79 Å². The summed E-state index contributed by atoms with van der Waals surface area (Å²) < 4.78 is 1.85. The molecule has 1 N–H and O–H groups in total. The van der Waals surface area contributed by atoms with Crippen LogP contribution in [0.5, 0.6) is 0 Å². The molecule has 1 aromatic rings. The lowest BCUT2D eigenvalue weighted by atomic mass is 10.1. The first-order chi connectivity index (χ1) is 6.50. The molecule has 2 nitrogen and oxygen atoms in total. The van der Waals surface area contributed by atoms with E-state index in [2.05, 4.69) is 31.9 Å². The maximum atomic E-state index is 10.3. The lowest BCUT2D eigenvalue weighted by Crippen LogP contribution is -1.87. The minimum Gasteiger partial charge on any atom is -0.478 e. The first-order valence-corrected chi connectivity index (χ1v) is 5.46. The molecule has 0 aliphatic carbocycles. The molecular weight excluding hydrogens is 312 g/mol. The fourth-order valence-electron chi connectivity index (χ4n) is 0.950. The molecule has 0 amide bonds. The van der Waals surface area contributed by atoms with Gasteiger partial charge in [-0.1, -0.05) is 31.9 Å². The lowest BCUT2D eigenvalue weighted by molar-refractivity contribution is -0.131. The molecular formula is C10H8Br2O2. The summed E-state index contributed by atoms with van der Waals surface area (Å²) in [5.41, 5.74) is 1.94. The van der Waals surface area contributed by atoms with Crippen LogP contribution < -0.4 is 0 Å². The minimum absolute atomic E-state index is 0.838. The van der Waals surface area contributed by atoms with E-state index in [9.17, 15) is 4.79 Å². The Bertz CT molecular complexity index is 397. The number of aliphatic carboxylic acids is 1. The smallest absolute Gasteiger partial charge is 0.328 e. The van der Waals surface area contributed by atoms with Gasteiger partial charge in [0.2, 0.25) is 0 Å². The number of benzene rings is 1. The highest BCUT2D eigenvalue weighted by Gasteiger charge is 2.01. The second-order valence-corrected chi connectivity index (χ2v) is 4.50. The predicted octanol–water partition coefficient (Wildman–Crippen LogP) is 3.62. The number of hydrogen-bond donors (Lipinski definition) is 1. The normalized spacial score (nSPS) is 10.8. The van der Waals surface area contributed by atoms with Gasteiger partial charge in [-0.2, -0.15) is 0 Å². The Labute approximate surface area is 98.9 Å². The van der Waals surface area contributed by atoms with Crippen LogP contribution in [0.25, 0.3) is 6.08 Å². The molecule has 0 saturated heterocycles. The fraction of sp³-hybridized carbons (Fsp3) is 0.100. The van der Waals surface area contributed by atoms with Crippen LogP contribution in [0.1, 0.15) is 11.1 Å². The number of halogens is 2. The van der Waals surface area contributed by atoms with E-state index < -0.39 is 5.97 Å². The van der Waals surface area contributed by atoms with Crippen molar-refractivity contribution in [3.8, 4) is 0 Å². The van der Waals surface area contributed by atoms with E-state index in [0.29, 0.717) is 0 Å². The van der Waals surface area contributed by atoms with Crippen molar-refractivity contribution in [2.75, 3.05) is 0 Å². The molecule has 0 saturated carbocycles. The van der Waals surface area contributed by atoms with Crippen LogP contribution in [-0.2, 0) is 4.79 Å². The monoisotopic (exact) mass is 318 g/mol. The van der Waals surface area contributed by atoms with Crippen LogP contribution in [0.15, 0.2) is 27.2 Å². The van der Waals surface area contributed by atoms with Crippen LogP contribution in [0.3, 0.4) is 0 Å². The van der Waals surface area contributed by atoms with Crippen LogP contribution >= 0.6 is 31.9 Å². The topological polar surface area (TPSA) is 37.3 Å². The summed E-state index contributed by atoms with van der Waals surface area (Å²) in [6.45, 7) is 1.97. The van der Waals surface area contributed by atoms with E-state index in [1.165, 1.54) is 0 Å². The summed E-state index contributed by atoms with van der Waals surface area (Å²) in [6.07, 6.45) is 2.67. The molecule has 0 bridgehead atoms. The van der Waals surface area contributed by atoms with E-state index in [1.807, 2.05) is 19.1 Å². The summed E-state index contributed by atoms with van der Waals surface area (Å²) in [6, 6.07) is 3.81. The molecule has 1 rings (SSSR count). The summed E-state index contributed by atoms with van der Waals surface area (Å²) >= 11 is 6.75. The van der Waals surface area contributed by atoms with Crippen LogP contribution in [-0.4, -0.2) is 11.1 Å². The molecule has 0 atom stereocenters. The van der Waals surface area contributed by atoms with Crippen molar-refractivity contribution in [2.45, 2.75) is 6.92 Å². The third kappa shape index (κ3) is 2.96. The zero-order chi connectivity index (χ0) is 10.7. The van der Waals surface area contributed by atoms with Crippen molar-refractivity contribution < 1.29 is 9.90 Å². The highest BCUT2D eigenvalue weighted by atomic mass is 79.9. The van der Waals surface area contributed by atoms with Crippen LogP contribution in [0.2, 0.25) is 0 Å². The highest BCUT2D eigenvalue weighted by molar-refractivity contribution is 9.11. The first kappa shape index (κ1) is 11.5. The number of carbonyl (C=O) groups is 1. The molecule has 0 aliphatic heterocycles. The minimum atomic E-state index is -0.950. The standard InChI is InChI=1S/C10H8Br2O2/c1-6-4-9(12)7(5-8(6)11)2-3-10(13)14/h2-5H,1H3,(H,13,14)/b3-2+. The van der Waals surface area contributed by atoms with Gasteiger partial charge in [0.25, 0.3) is 0 Å². The van der Waals surface area contributed by atoms with Gasteiger partial charge in [-0.3, -0.25) is 0 Å². The predicted molar refractivity (Wildman–Crippen MR) is 63.2 cm³/mol. The Morgan fingerprint density at radius 2 is 2.00 bits per heavy atom. The molecule has 74 valence electrons. The summed E-state index contributed by atoms with van der Waals surface area (Å²) in [5.74, 6) is -0.950. The van der Waals surface area contributed by atoms with Gasteiger partial charge in [-0.15, -0.1) is 0 Å². The number of carboxylic acids is 1. The van der Waals surface area contributed by atoms with E-state index in [1.54, 1.807) is 6.08 Å². The van der Waals surface area contributed by atoms with Crippen LogP contribution in [0.4, 0.5) is 0 Å². The van der Waals surface area contributed by atoms with Gasteiger partial charge in [0.1, 0.15) is 0 Å². The Balaban J connectivity index is 3.10. The first-order valence-electron chi connectivity index (χ1n) is 3.87. The zero-order valence-corrected chi connectivity index (χ0v) is 10.6. The molecule has 0 aliphatic rings. The molecule has 4 heteroatoms. The Kier molecular flexibility index (Phi) is 3.89. The fourth-order valence-corrected chi connectivity index (χ4v) is 1.90. The lowest BCUT2D eigenvalue weighted by Gasteiger charge is -2.02. The van der Waals surface area contributed by atoms with E-state index in [4.69, 9.17) is 5.11 Å². The third-order valence-electron chi connectivity index (χ3n) is 1.68. The molecule has 0 aromatic heterocycles. The van der Waals surface area contributed by atoms with Gasteiger partial charge < -0.3 is 5.11 Å². The number of hydrogen-bond acceptors (Lipinski definition) is 1. The second kappa shape index (κ2) is 4.75. The van der Waals surface area contributed by atoms with Crippen LogP contribution in [0, 0.1) is 6.92 Å². The largest absolute Gasteiger partial charge is 0.478 e. The van der Waals surface area contributed by atoms with Gasteiger partial charge in [-0.05, 0) is 36.3 Å². The Hall–Kier alpha value is -0.610. The SMILES string of the molecule is Cc1cc(Br)c(/C=C/C(=O)O)cc1Br. The molecule has 0 spiro atoms. The average molecular weight is 320 g/mol. The van der Waals surface area contributed by atoms with E-state index in [-0.39, 0.29) is 0 Å². The molecule has 14 heavy (non-hydrogen) atoms. The van der Waals surface area contributed by atoms with Gasteiger partial charge in [0.15, 0.2) is 0 Å². The highest BCUT2D eigenvalue weighted by Crippen LogP contribution is 2.26. The van der Waals surface area contributed by atoms with Gasteiger partial charge in [0.05, 0.1) is 0 Å². The molecule has 0 unspecified atom stereocenters. The summed E-state index contributed by atoms with van der Waals surface area (Å²) in [7, 11) is 0. The van der Waals surface area contributed by atoms with Crippen molar-refractivity contribution in [1.82, 2.24) is 0 Å². The van der Waals surface area contributed by atoms with Gasteiger partial charge in [0, 0.05) is 15.0 Å². The number of rotatable bonds is 2. The number of aryl methyl sites for hydroxylation is 1. The maximum Gasteiger partial charge on any atom is 0.328 e. The van der Waals surface area contributed by atoms with E-state index in [0.717, 1.165) is 26.1 Å². The third-order valence-corrected chi connectivity index (χ3v) is 3.22. The Morgan fingerprint density at radius 3 is 2.57 bits per heavy atom. The molecule has 0 heterocycles. The molecule has 0 fully saturated rings. The summed E-state index contributed by atoms with van der Waals surface area (Å²) in [5, 5.41) is 8.48. The average Bonchev–Trinajstić information content (AvgIpc) is 2.09. The van der Waals surface area contributed by atoms with Crippen molar-refractivity contribution in [2.24, 2.45) is 0 Å². The number of carboxylic acid groups (broad SMARTS) is 1. The van der Waals surface area contributed by atoms with Gasteiger partial charge >= 0.3 is 5.97 Å². The maximum absolute atomic E-state index is 10.3. The quantitative estimate of drug-likeness (QED) is 0.845. The Morgan fingerprint density at radius 1 is 1.36 bits per heavy atom.